The molecule has 0 radical (unpaired) electrons. The van der Waals surface area contributed by atoms with Gasteiger partial charge in [-0.25, -0.2) is 0 Å². The Morgan fingerprint density at radius 2 is 1.43 bits per heavy atom. The van der Waals surface area contributed by atoms with E-state index in [0.717, 1.165) is 63.7 Å². The third-order valence-electron chi connectivity index (χ3n) is 6.59. The van der Waals surface area contributed by atoms with Gasteiger partial charge in [-0.1, -0.05) is 63.1 Å². The molecule has 0 atom stereocenters. The Hall–Kier alpha value is -3.02. The Balaban J connectivity index is 1.30. The Morgan fingerprint density at radius 3 is 2.14 bits per heavy atom. The fourth-order valence-corrected chi connectivity index (χ4v) is 4.69. The lowest BCUT2D eigenvalue weighted by molar-refractivity contribution is -0.137. The van der Waals surface area contributed by atoms with Crippen molar-refractivity contribution in [1.82, 2.24) is 14.5 Å². The highest BCUT2D eigenvalue weighted by Gasteiger charge is 2.11. The number of hydrogen-bond donors (Lipinski definition) is 2. The maximum atomic E-state index is 12.6. The first kappa shape index (κ1) is 26.6. The number of rotatable bonds is 18. The predicted molar refractivity (Wildman–Crippen MR) is 142 cm³/mol. The van der Waals surface area contributed by atoms with E-state index in [9.17, 15) is 9.59 Å². The maximum Gasteiger partial charge on any atom is 0.303 e. The van der Waals surface area contributed by atoms with E-state index in [1.54, 1.807) is 0 Å². The molecule has 35 heavy (non-hydrogen) atoms. The van der Waals surface area contributed by atoms with E-state index >= 15 is 0 Å². The van der Waals surface area contributed by atoms with Crippen LogP contribution in [-0.4, -0.2) is 32.7 Å². The zero-order valence-corrected chi connectivity index (χ0v) is 21.0. The molecule has 3 rings (SSSR count). The topological polar surface area (TPSA) is 76.3 Å². The van der Waals surface area contributed by atoms with Gasteiger partial charge in [0.2, 0.25) is 5.91 Å². The molecule has 0 aliphatic carbocycles. The molecule has 2 N–H and O–H groups in total. The van der Waals surface area contributed by atoms with Crippen LogP contribution in [0.1, 0.15) is 76.2 Å². The molecule has 1 aromatic carbocycles. The average molecular weight is 480 g/mol. The van der Waals surface area contributed by atoms with E-state index in [-0.39, 0.29) is 5.91 Å². The number of carbonyl (C=O) groups excluding carboxylic acids is 1. The Bertz CT molecular complexity index is 1020. The van der Waals surface area contributed by atoms with Crippen molar-refractivity contribution in [3.05, 3.63) is 60.6 Å². The molecule has 0 aliphatic rings. The molecule has 0 unspecified atom stereocenters. The van der Waals surface area contributed by atoms with Crippen LogP contribution in [0.5, 0.6) is 0 Å². The number of nitrogens with zero attached hydrogens (tertiary/aromatic N) is 2. The number of amides is 1. The molecule has 0 saturated carbocycles. The number of carboxylic acid groups (broad SMARTS) is 1. The summed E-state index contributed by atoms with van der Waals surface area (Å²) in [6.45, 7) is 2.66. The predicted octanol–water partition coefficient (Wildman–Crippen LogP) is 6.18. The number of carbonyl (C=O) groups is 2. The summed E-state index contributed by atoms with van der Waals surface area (Å²) in [5.41, 5.74) is 2.30. The highest BCUT2D eigenvalue weighted by atomic mass is 16.4. The monoisotopic (exact) mass is 479 g/mol. The number of aromatic nitrogens is 2. The van der Waals surface area contributed by atoms with E-state index < -0.39 is 5.97 Å². The minimum absolute atomic E-state index is 0.0987. The summed E-state index contributed by atoms with van der Waals surface area (Å²) in [6.07, 6.45) is 18.0. The second-order valence-electron chi connectivity index (χ2n) is 9.49. The van der Waals surface area contributed by atoms with E-state index in [2.05, 4.69) is 63.4 Å². The van der Waals surface area contributed by atoms with Gasteiger partial charge in [-0.05, 0) is 43.0 Å². The third-order valence-corrected chi connectivity index (χ3v) is 6.59. The van der Waals surface area contributed by atoms with Crippen molar-refractivity contribution in [2.45, 2.75) is 90.1 Å². The molecule has 2 heterocycles. The molecule has 0 saturated heterocycles. The Labute approximate surface area is 209 Å². The lowest BCUT2D eigenvalue weighted by Crippen LogP contribution is -2.26. The largest absolute Gasteiger partial charge is 0.481 e. The summed E-state index contributed by atoms with van der Waals surface area (Å²) in [5, 5.41) is 12.9. The van der Waals surface area contributed by atoms with Crippen LogP contribution < -0.4 is 5.32 Å². The zero-order valence-electron chi connectivity index (χ0n) is 21.0. The molecule has 190 valence electrons. The van der Waals surface area contributed by atoms with Crippen LogP contribution in [0, 0.1) is 0 Å². The fraction of sp³-hybridized carbons (Fsp3) is 0.517. The first-order chi connectivity index (χ1) is 17.1. The summed E-state index contributed by atoms with van der Waals surface area (Å²) in [5.74, 6) is -0.593. The third kappa shape index (κ3) is 9.63. The second-order valence-corrected chi connectivity index (χ2v) is 9.49. The molecular weight excluding hydrogens is 438 g/mol. The van der Waals surface area contributed by atoms with Gasteiger partial charge in [-0.2, -0.15) is 0 Å². The number of carboxylic acids is 1. The fourth-order valence-electron chi connectivity index (χ4n) is 4.69. The minimum atomic E-state index is -0.691. The van der Waals surface area contributed by atoms with Gasteiger partial charge in [0.1, 0.15) is 0 Å². The number of aliphatic carboxylic acids is 1. The molecule has 0 fully saturated rings. The van der Waals surface area contributed by atoms with Crippen LogP contribution in [-0.2, 0) is 29.1 Å². The first-order valence-electron chi connectivity index (χ1n) is 13.3. The summed E-state index contributed by atoms with van der Waals surface area (Å²) in [4.78, 5) is 23.1. The zero-order chi connectivity index (χ0) is 24.7. The van der Waals surface area contributed by atoms with Crippen molar-refractivity contribution >= 4 is 22.8 Å². The van der Waals surface area contributed by atoms with Crippen LogP contribution in [0.2, 0.25) is 0 Å². The van der Waals surface area contributed by atoms with Gasteiger partial charge in [-0.15, -0.1) is 0 Å². The smallest absolute Gasteiger partial charge is 0.303 e. The Morgan fingerprint density at radius 1 is 0.771 bits per heavy atom. The minimum Gasteiger partial charge on any atom is -0.481 e. The van der Waals surface area contributed by atoms with Crippen molar-refractivity contribution in [3.63, 3.8) is 0 Å². The molecule has 1 amide bonds. The number of nitrogens with one attached hydrogen (secondary N) is 1. The molecule has 2 aromatic heterocycles. The van der Waals surface area contributed by atoms with Gasteiger partial charge in [-0.3, -0.25) is 9.59 Å². The van der Waals surface area contributed by atoms with Crippen LogP contribution in [0.4, 0.5) is 0 Å². The first-order valence-corrected chi connectivity index (χ1v) is 13.3. The van der Waals surface area contributed by atoms with Crippen LogP contribution >= 0.6 is 0 Å². The average Bonchev–Trinajstić information content (AvgIpc) is 3.48. The lowest BCUT2D eigenvalue weighted by Gasteiger charge is -2.06. The molecular formula is C29H41N3O3. The van der Waals surface area contributed by atoms with Crippen molar-refractivity contribution in [3.8, 4) is 0 Å². The quantitative estimate of drug-likeness (QED) is 0.214. The van der Waals surface area contributed by atoms with Gasteiger partial charge in [0.25, 0.3) is 0 Å². The van der Waals surface area contributed by atoms with E-state index in [0.29, 0.717) is 12.8 Å². The van der Waals surface area contributed by atoms with Gasteiger partial charge < -0.3 is 19.6 Å². The van der Waals surface area contributed by atoms with Crippen LogP contribution in [0.15, 0.2) is 55.0 Å². The maximum absolute atomic E-state index is 12.6. The molecule has 6 heteroatoms. The van der Waals surface area contributed by atoms with Crippen molar-refractivity contribution in [2.24, 2.45) is 0 Å². The van der Waals surface area contributed by atoms with Gasteiger partial charge in [0, 0.05) is 55.5 Å². The summed E-state index contributed by atoms with van der Waals surface area (Å²) in [7, 11) is 0. The molecule has 0 spiro atoms. The second kappa shape index (κ2) is 15.1. The summed E-state index contributed by atoms with van der Waals surface area (Å²) >= 11 is 0. The van der Waals surface area contributed by atoms with Crippen molar-refractivity contribution < 1.29 is 14.7 Å². The normalized spacial score (nSPS) is 11.2. The summed E-state index contributed by atoms with van der Waals surface area (Å²) in [6, 6.07) is 12.5. The van der Waals surface area contributed by atoms with Crippen LogP contribution in [0.25, 0.3) is 10.9 Å². The number of fused-ring (bicyclic) bond motifs is 1. The van der Waals surface area contributed by atoms with E-state index in [1.807, 2.05) is 6.07 Å². The van der Waals surface area contributed by atoms with Gasteiger partial charge >= 0.3 is 5.97 Å². The number of unbranched alkanes of at least 4 members (excludes halogenated alkanes) is 8. The van der Waals surface area contributed by atoms with Crippen molar-refractivity contribution in [2.75, 3.05) is 6.54 Å². The SMILES string of the molecule is O=C(O)CCCCCCCCCCCNC(=O)Cc1cn(CCCn2cccc2)c2ccccc12. The van der Waals surface area contributed by atoms with Gasteiger partial charge in [0.15, 0.2) is 0 Å². The number of benzene rings is 1. The molecule has 6 nitrogen and oxygen atoms in total. The molecule has 0 aliphatic heterocycles. The Kier molecular flexibility index (Phi) is 11.4. The highest BCUT2D eigenvalue weighted by Crippen LogP contribution is 2.22. The van der Waals surface area contributed by atoms with E-state index in [4.69, 9.17) is 5.11 Å². The number of para-hydroxylation sites is 1. The van der Waals surface area contributed by atoms with Gasteiger partial charge in [0.05, 0.1) is 6.42 Å². The molecule has 3 aromatic rings. The molecule has 0 bridgehead atoms. The number of aryl methyl sites for hydroxylation is 2. The highest BCUT2D eigenvalue weighted by molar-refractivity contribution is 5.89. The standard InChI is InChI=1S/C29H41N3O3/c33-28(30-18-11-7-5-3-1-2-4-6-8-17-29(34)35)23-25-24-32(27-16-10-9-15-26(25)27)22-14-21-31-19-12-13-20-31/h9-10,12-13,15-16,19-20,24H,1-8,11,14,17-18,21-23H2,(H,30,33)(H,34,35). The number of hydrogen-bond acceptors (Lipinski definition) is 2. The van der Waals surface area contributed by atoms with Crippen LogP contribution in [0.3, 0.4) is 0 Å². The van der Waals surface area contributed by atoms with E-state index in [1.165, 1.54) is 36.6 Å². The lowest BCUT2D eigenvalue weighted by atomic mass is 10.1. The summed E-state index contributed by atoms with van der Waals surface area (Å²) < 4.78 is 4.48. The van der Waals surface area contributed by atoms with Crippen molar-refractivity contribution in [1.29, 1.82) is 0 Å².